The van der Waals surface area contributed by atoms with E-state index in [1.54, 1.807) is 77.9 Å². The van der Waals surface area contributed by atoms with E-state index in [2.05, 4.69) is 0 Å². The van der Waals surface area contributed by atoms with E-state index >= 15 is 0 Å². The molecule has 5 heteroatoms. The van der Waals surface area contributed by atoms with Crippen LogP contribution in [0.5, 0.6) is 0 Å². The third-order valence-electron chi connectivity index (χ3n) is 23.7. The zero-order valence-corrected chi connectivity index (χ0v) is 66.3. The summed E-state index contributed by atoms with van der Waals surface area (Å²) in [6.45, 7) is 14.0. The molecule has 2 aliphatic rings. The van der Waals surface area contributed by atoms with Crippen LogP contribution in [0.1, 0.15) is 117 Å². The lowest BCUT2D eigenvalue weighted by Crippen LogP contribution is -2.60. The number of rotatable bonds is 6. The van der Waals surface area contributed by atoms with Gasteiger partial charge in [0.15, 0.2) is 0 Å². The van der Waals surface area contributed by atoms with Gasteiger partial charge in [0.1, 0.15) is 0 Å². The molecule has 0 aliphatic carbocycles. The topological polar surface area (TPSA) is 19.7 Å². The predicted molar refractivity (Wildman–Crippen MR) is 512 cm³/mol. The number of fused-ring (bicyclic) bond motifs is 24. The average Bonchev–Trinajstić information content (AvgIpc) is 1.48. The van der Waals surface area contributed by atoms with Gasteiger partial charge < -0.3 is 18.3 Å². The molecule has 0 radical (unpaired) electrons. The van der Waals surface area contributed by atoms with Crippen LogP contribution in [0.2, 0.25) is 0 Å². The van der Waals surface area contributed by atoms with E-state index in [4.69, 9.17) is 0 Å². The summed E-state index contributed by atoms with van der Waals surface area (Å²) >= 11 is 0. The second-order valence-corrected chi connectivity index (χ2v) is 33.9. The van der Waals surface area contributed by atoms with Crippen molar-refractivity contribution in [1.29, 1.82) is 0 Å². The van der Waals surface area contributed by atoms with Gasteiger partial charge in [-0.1, -0.05) is 365 Å². The Morgan fingerprint density at radius 3 is 0.941 bits per heavy atom. The third-order valence-corrected chi connectivity index (χ3v) is 23.7. The molecule has 4 nitrogen and oxygen atoms in total. The molecule has 566 valence electrons. The number of aromatic nitrogens is 4. The summed E-state index contributed by atoms with van der Waals surface area (Å²) in [4.78, 5) is 0. The van der Waals surface area contributed by atoms with Gasteiger partial charge in [0.05, 0.1) is 93.9 Å². The molecule has 0 unspecified atom stereocenters. The molecule has 0 atom stereocenters. The molecule has 0 fully saturated rings. The monoisotopic (exact) mass is 1550 g/mol. The molecule has 6 heterocycles. The zero-order valence-electron chi connectivity index (χ0n) is 94.3. The van der Waals surface area contributed by atoms with Crippen molar-refractivity contribution < 1.29 is 38.4 Å². The standard InChI is InChI=1S/C114H87BN4/c1-112(2,3)76-56-50-70(51-57-76)74-54-62-99-93(66-74)87-40-24-26-48-97(87)116(99)101-64-60-95-110-105(101)89-42-22-20-36-83(89)81-34-16-18-38-85(81)91-46-28-44-79(72-30-12-10-13-31-72)108(91)118(110)103-68-78(114(7,8)9)69-104-107(103)115(95)96-61-65-102(117-98-49-27-25-41-88(98)94-67-75(55-63-100(94)117)71-52-58-77(59-53-71)113(4,5)6)106-90-43-23-21-37-84(90)82-35-17-19-39-86(82)92-47-29-45-80(73-32-14-11-15-33-73)109(92)119(104)111(96)106/h10-69H,1-9H3/i24D,25D,26D,27D,40D,41D,48D,49D,50D,51D,52D,53D,54D,55D,56D,57D,58D,59D,60D,61D,62D,63D,64D,65D,66D,67D,68D,69D. The predicted octanol–water partition coefficient (Wildman–Crippen LogP) is 28.6. The average molecular weight is 1550 g/mol. The molecule has 21 aromatic rings. The van der Waals surface area contributed by atoms with Crippen molar-refractivity contribution in [1.82, 2.24) is 18.3 Å². The van der Waals surface area contributed by atoms with Crippen molar-refractivity contribution in [3.8, 4) is 67.3 Å². The van der Waals surface area contributed by atoms with Crippen molar-refractivity contribution in [2.24, 2.45) is 0 Å². The molecule has 0 saturated carbocycles. The molecular formula is C114H87BN4. The minimum Gasteiger partial charge on any atom is -0.309 e. The summed E-state index contributed by atoms with van der Waals surface area (Å²) in [5.74, 6) is 0. The fraction of sp³-hybridized carbons (Fsp3) is 0.105. The van der Waals surface area contributed by atoms with E-state index in [-0.39, 0.29) is 89.1 Å². The van der Waals surface area contributed by atoms with E-state index in [1.165, 1.54) is 9.13 Å². The van der Waals surface area contributed by atoms with Gasteiger partial charge >= 0.3 is 0 Å². The van der Waals surface area contributed by atoms with Gasteiger partial charge in [0.2, 0.25) is 0 Å². The number of hydrogen-bond acceptors (Lipinski definition) is 0. The van der Waals surface area contributed by atoms with Crippen molar-refractivity contribution in [3.63, 3.8) is 0 Å². The molecule has 0 saturated heterocycles. The molecule has 17 aromatic carbocycles. The highest BCUT2D eigenvalue weighted by Crippen LogP contribution is 2.49. The molecule has 0 amide bonds. The van der Waals surface area contributed by atoms with Crippen LogP contribution in [-0.4, -0.2) is 25.0 Å². The first-order valence-electron chi connectivity index (χ1n) is 53.9. The molecule has 2 aliphatic heterocycles. The van der Waals surface area contributed by atoms with Gasteiger partial charge in [0, 0.05) is 65.6 Å². The summed E-state index contributed by atoms with van der Waals surface area (Å²) in [6, 6.07) is 40.3. The van der Waals surface area contributed by atoms with Crippen LogP contribution in [0.25, 0.3) is 198 Å². The van der Waals surface area contributed by atoms with Crippen LogP contribution in [0, 0.1) is 0 Å². The van der Waals surface area contributed by atoms with E-state index in [1.807, 2.05) is 188 Å². The van der Waals surface area contributed by atoms with Crippen LogP contribution in [0.15, 0.2) is 363 Å². The van der Waals surface area contributed by atoms with Gasteiger partial charge in [-0.2, -0.15) is 0 Å². The molecule has 0 spiro atoms. The minimum atomic E-state index is -1.86. The number of nitrogens with zero attached hydrogens (tertiary/aromatic N) is 4. The molecule has 0 bridgehead atoms. The Morgan fingerprint density at radius 1 is 0.227 bits per heavy atom. The van der Waals surface area contributed by atoms with Crippen molar-refractivity contribution in [2.75, 3.05) is 0 Å². The van der Waals surface area contributed by atoms with Gasteiger partial charge in [-0.25, -0.2) is 0 Å². The van der Waals surface area contributed by atoms with Crippen LogP contribution in [0.4, 0.5) is 0 Å². The lowest BCUT2D eigenvalue weighted by Gasteiger charge is -2.38. The summed E-state index contributed by atoms with van der Waals surface area (Å²) in [5.41, 5.74) is -5.83. The maximum atomic E-state index is 12.1. The van der Waals surface area contributed by atoms with Crippen LogP contribution in [0.3, 0.4) is 0 Å². The number of hydrogen-bond donors (Lipinski definition) is 0. The van der Waals surface area contributed by atoms with E-state index in [0.29, 0.717) is 76.4 Å². The van der Waals surface area contributed by atoms with Gasteiger partial charge in [-0.05, 0) is 186 Å². The lowest BCUT2D eigenvalue weighted by molar-refractivity contribution is 0.589. The second-order valence-electron chi connectivity index (χ2n) is 33.9. The van der Waals surface area contributed by atoms with E-state index < -0.39 is 257 Å². The molecular weight excluding hydrogens is 1440 g/mol. The maximum absolute atomic E-state index is 12.1. The highest BCUT2D eigenvalue weighted by molar-refractivity contribution is 7.00. The Morgan fingerprint density at radius 2 is 0.555 bits per heavy atom. The Labute approximate surface area is 732 Å². The third kappa shape index (κ3) is 10.7. The SMILES string of the molecule is [2H]c1c([2H])c(C(C)(C)C)c([2H])c([2H])c1-c1c([2H])c([2H])c2c(c1[2H])c1c([2H])c([2H])c([2H])c([2H])c1n2-c1c([2H])c([2H])c2c3c1c1ccccc1c1ccccc1c1cccc(-c4ccccc4)c1n3-c1c([2H])c(C(C)(C)C)c([2H])c3c1B2c1c([2H])c([2H])c(-n2c4c([2H])c([2H])c([2H])c([2H])c4c4c([2H])c(-c5c([2H])c([2H])c(C(C)(C)C)c([2H])c5[2H])c([2H])c([2H])c42)c2c4ccccc4c4ccccc4c4cccc(-c5ccccc5)c4n-3c12. The first-order chi connectivity index (χ1) is 69.7. The first-order valence-corrected chi connectivity index (χ1v) is 39.9. The lowest BCUT2D eigenvalue weighted by atomic mass is 9.34. The Bertz CT molecular complexity index is 9300. The summed E-state index contributed by atoms with van der Waals surface area (Å²) in [5, 5.41) is 2.65. The van der Waals surface area contributed by atoms with Gasteiger partial charge in [0.25, 0.3) is 6.71 Å². The smallest absolute Gasteiger partial charge is 0.252 e. The van der Waals surface area contributed by atoms with Gasteiger partial charge in [-0.15, -0.1) is 0 Å². The molecule has 119 heavy (non-hydrogen) atoms. The quantitative estimate of drug-likeness (QED) is 0.148. The van der Waals surface area contributed by atoms with Crippen molar-refractivity contribution in [3.05, 3.63) is 380 Å². The largest absolute Gasteiger partial charge is 0.309 e. The first kappa shape index (κ1) is 47.3. The zero-order chi connectivity index (χ0) is 104. The summed E-state index contributed by atoms with van der Waals surface area (Å²) in [6.07, 6.45) is 0. The fourth-order valence-electron chi connectivity index (χ4n) is 18.2. The highest BCUT2D eigenvalue weighted by Gasteiger charge is 2.43. The van der Waals surface area contributed by atoms with Crippen LogP contribution in [-0.2, 0) is 16.2 Å². The highest BCUT2D eigenvalue weighted by atomic mass is 15.1. The fourth-order valence-corrected chi connectivity index (χ4v) is 18.2. The Hall–Kier alpha value is -14.0. The molecule has 4 aromatic heterocycles. The molecule has 0 N–H and O–H groups in total. The number of para-hydroxylation sites is 4. The summed E-state index contributed by atoms with van der Waals surface area (Å²) in [7, 11) is 0. The van der Waals surface area contributed by atoms with Crippen LogP contribution < -0.4 is 16.4 Å². The maximum Gasteiger partial charge on any atom is 0.252 e. The van der Waals surface area contributed by atoms with E-state index in [0.717, 1.165) is 0 Å². The van der Waals surface area contributed by atoms with E-state index in [9.17, 15) is 38.4 Å². The van der Waals surface area contributed by atoms with Gasteiger partial charge in [-0.3, -0.25) is 0 Å². The summed E-state index contributed by atoms with van der Waals surface area (Å²) < 4.78 is 301. The Balaban J connectivity index is 1.05. The molecule has 23 rings (SSSR count). The van der Waals surface area contributed by atoms with Crippen molar-refractivity contribution >= 4 is 153 Å². The number of benzene rings is 17. The van der Waals surface area contributed by atoms with Crippen molar-refractivity contribution in [2.45, 2.75) is 78.6 Å². The second kappa shape index (κ2) is 26.3. The minimum absolute atomic E-state index is 0.00101. The Kier molecular flexibility index (Phi) is 10.4. The van der Waals surface area contributed by atoms with Crippen LogP contribution >= 0.6 is 0 Å². The normalized spacial score (nSPS) is 16.0.